The van der Waals surface area contributed by atoms with Gasteiger partial charge in [0.25, 0.3) is 0 Å². The lowest BCUT2D eigenvalue weighted by Gasteiger charge is -2.33. The molecule has 2 aromatic rings. The Balaban J connectivity index is 2.17. The van der Waals surface area contributed by atoms with Crippen LogP contribution in [0.1, 0.15) is 6.92 Å². The number of hydrogen-bond donors (Lipinski definition) is 1. The summed E-state index contributed by atoms with van der Waals surface area (Å²) in [5.41, 5.74) is 0.103. The van der Waals surface area contributed by atoms with Gasteiger partial charge in [-0.15, -0.1) is 0 Å². The van der Waals surface area contributed by atoms with Gasteiger partial charge in [-0.3, -0.25) is 0 Å². The van der Waals surface area contributed by atoms with Crippen LogP contribution in [0.25, 0.3) is 10.9 Å². The molecule has 1 N–H and O–H groups in total. The Morgan fingerprint density at radius 1 is 1.40 bits per heavy atom. The van der Waals surface area contributed by atoms with Gasteiger partial charge in [0.2, 0.25) is 5.28 Å². The van der Waals surface area contributed by atoms with Gasteiger partial charge in [-0.05, 0) is 18.5 Å². The second-order valence-corrected chi connectivity index (χ2v) is 5.44. The van der Waals surface area contributed by atoms with Crippen molar-refractivity contribution in [1.82, 2.24) is 20.3 Å². The van der Waals surface area contributed by atoms with Gasteiger partial charge in [0.1, 0.15) is 11.3 Å². The summed E-state index contributed by atoms with van der Waals surface area (Å²) >= 11 is 11.6. The van der Waals surface area contributed by atoms with Crippen molar-refractivity contribution in [3.8, 4) is 0 Å². The maximum absolute atomic E-state index is 14.0. The molecule has 106 valence electrons. The summed E-state index contributed by atoms with van der Waals surface area (Å²) in [5.74, 6) is -0.0747. The predicted molar refractivity (Wildman–Crippen MR) is 77.0 cm³/mol. The van der Waals surface area contributed by atoms with Gasteiger partial charge in [0, 0.05) is 31.9 Å². The first kappa shape index (κ1) is 13.7. The average Bonchev–Trinajstić information content (AvgIpc) is 2.43. The van der Waals surface area contributed by atoms with Gasteiger partial charge >= 0.3 is 0 Å². The fourth-order valence-corrected chi connectivity index (χ4v) is 2.66. The Morgan fingerprint density at radius 2 is 2.20 bits per heavy atom. The highest BCUT2D eigenvalue weighted by Crippen LogP contribution is 2.29. The zero-order chi connectivity index (χ0) is 14.3. The molecular weight excluding hydrogens is 304 g/mol. The molecule has 3 heterocycles. The van der Waals surface area contributed by atoms with Crippen molar-refractivity contribution in [1.29, 1.82) is 0 Å². The maximum atomic E-state index is 14.0. The Bertz CT molecular complexity index is 666. The number of pyridine rings is 1. The first-order valence-electron chi connectivity index (χ1n) is 6.22. The summed E-state index contributed by atoms with van der Waals surface area (Å²) in [6.07, 6.45) is 1.49. The molecule has 0 bridgehead atoms. The largest absolute Gasteiger partial charge is 0.353 e. The summed E-state index contributed by atoms with van der Waals surface area (Å²) in [5, 5.41) is 3.64. The second kappa shape index (κ2) is 5.27. The Labute approximate surface area is 125 Å². The Kier molecular flexibility index (Phi) is 3.62. The van der Waals surface area contributed by atoms with Crippen molar-refractivity contribution in [2.75, 3.05) is 24.5 Å². The lowest BCUT2D eigenvalue weighted by atomic mass is 10.2. The molecule has 0 aromatic carbocycles. The number of rotatable bonds is 1. The van der Waals surface area contributed by atoms with Crippen molar-refractivity contribution < 1.29 is 4.39 Å². The zero-order valence-electron chi connectivity index (χ0n) is 10.7. The molecule has 5 nitrogen and oxygen atoms in total. The minimum atomic E-state index is -0.669. The molecular formula is C12H12Cl2FN5. The number of hydrogen-bond acceptors (Lipinski definition) is 5. The standard InChI is InChI=1S/C12H12Cl2FN5/c1-6-5-20(3-2-16-6)11-7-4-17-10(13)8(15)9(7)18-12(14)19-11/h4,6,16H,2-3,5H2,1H3. The van der Waals surface area contributed by atoms with Gasteiger partial charge in [-0.2, -0.15) is 4.98 Å². The van der Waals surface area contributed by atoms with E-state index in [2.05, 4.69) is 27.2 Å². The van der Waals surface area contributed by atoms with Crippen LogP contribution in [0.2, 0.25) is 10.4 Å². The number of halogens is 3. The van der Waals surface area contributed by atoms with Crippen LogP contribution in [0.5, 0.6) is 0 Å². The first-order valence-corrected chi connectivity index (χ1v) is 6.97. The van der Waals surface area contributed by atoms with Crippen molar-refractivity contribution in [3.63, 3.8) is 0 Å². The molecule has 0 saturated carbocycles. The summed E-state index contributed by atoms with van der Waals surface area (Å²) < 4.78 is 14.0. The lowest BCUT2D eigenvalue weighted by Crippen LogP contribution is -2.49. The van der Waals surface area contributed by atoms with E-state index in [4.69, 9.17) is 23.2 Å². The van der Waals surface area contributed by atoms with E-state index >= 15 is 0 Å². The molecule has 0 amide bonds. The molecule has 1 fully saturated rings. The highest BCUT2D eigenvalue weighted by molar-refractivity contribution is 6.30. The highest BCUT2D eigenvalue weighted by atomic mass is 35.5. The normalized spacial score (nSPS) is 19.6. The van der Waals surface area contributed by atoms with Crippen LogP contribution < -0.4 is 10.2 Å². The summed E-state index contributed by atoms with van der Waals surface area (Å²) in [6.45, 7) is 4.42. The molecule has 0 aliphatic carbocycles. The molecule has 1 atom stereocenters. The van der Waals surface area contributed by atoms with Crippen LogP contribution in [0.15, 0.2) is 6.20 Å². The summed E-state index contributed by atoms with van der Waals surface area (Å²) in [7, 11) is 0. The van der Waals surface area contributed by atoms with Crippen LogP contribution in [-0.4, -0.2) is 40.6 Å². The van der Waals surface area contributed by atoms with Crippen molar-refractivity contribution in [2.24, 2.45) is 0 Å². The number of aromatic nitrogens is 3. The summed E-state index contributed by atoms with van der Waals surface area (Å²) in [4.78, 5) is 14.0. The van der Waals surface area contributed by atoms with E-state index in [0.29, 0.717) is 17.2 Å². The van der Waals surface area contributed by atoms with Gasteiger partial charge in [-0.25, -0.2) is 14.4 Å². The topological polar surface area (TPSA) is 53.9 Å². The third-order valence-corrected chi connectivity index (χ3v) is 3.70. The maximum Gasteiger partial charge on any atom is 0.225 e. The fraction of sp³-hybridized carbons (Fsp3) is 0.417. The van der Waals surface area contributed by atoms with E-state index in [1.165, 1.54) is 6.20 Å². The minimum absolute atomic E-state index is 0.000137. The zero-order valence-corrected chi connectivity index (χ0v) is 12.2. The second-order valence-electron chi connectivity index (χ2n) is 4.74. The molecule has 20 heavy (non-hydrogen) atoms. The van der Waals surface area contributed by atoms with Gasteiger partial charge in [0.05, 0.1) is 5.39 Å². The SMILES string of the molecule is CC1CN(c2nc(Cl)nc3c(F)c(Cl)ncc23)CCN1. The molecule has 1 unspecified atom stereocenters. The number of nitrogens with zero attached hydrogens (tertiary/aromatic N) is 4. The Hall–Kier alpha value is -1.24. The van der Waals surface area contributed by atoms with Crippen LogP contribution in [0.3, 0.4) is 0 Å². The molecule has 1 aliphatic rings. The average molecular weight is 316 g/mol. The predicted octanol–water partition coefficient (Wildman–Crippen LogP) is 2.27. The number of fused-ring (bicyclic) bond motifs is 1. The lowest BCUT2D eigenvalue weighted by molar-refractivity contribution is 0.483. The van der Waals surface area contributed by atoms with Gasteiger partial charge < -0.3 is 10.2 Å². The molecule has 0 spiro atoms. The van der Waals surface area contributed by atoms with Crippen LogP contribution in [0.4, 0.5) is 10.2 Å². The van der Waals surface area contributed by atoms with E-state index < -0.39 is 5.82 Å². The molecule has 1 saturated heterocycles. The fourth-order valence-electron chi connectivity index (χ4n) is 2.36. The smallest absolute Gasteiger partial charge is 0.225 e. The number of nitrogens with one attached hydrogen (secondary N) is 1. The number of piperazine rings is 1. The third kappa shape index (κ3) is 2.39. The van der Waals surface area contributed by atoms with E-state index in [1.807, 2.05) is 4.90 Å². The molecule has 8 heteroatoms. The van der Waals surface area contributed by atoms with Crippen molar-refractivity contribution in [3.05, 3.63) is 22.5 Å². The van der Waals surface area contributed by atoms with Crippen LogP contribution in [-0.2, 0) is 0 Å². The van der Waals surface area contributed by atoms with Gasteiger partial charge in [-0.1, -0.05) is 11.6 Å². The van der Waals surface area contributed by atoms with E-state index in [9.17, 15) is 4.39 Å². The molecule has 2 aromatic heterocycles. The molecule has 3 rings (SSSR count). The van der Waals surface area contributed by atoms with E-state index in [1.54, 1.807) is 0 Å². The molecule has 0 radical (unpaired) electrons. The number of anilines is 1. The van der Waals surface area contributed by atoms with Crippen molar-refractivity contribution >= 4 is 39.9 Å². The Morgan fingerprint density at radius 3 is 2.95 bits per heavy atom. The summed E-state index contributed by atoms with van der Waals surface area (Å²) in [6, 6.07) is 0.317. The van der Waals surface area contributed by atoms with Crippen molar-refractivity contribution in [2.45, 2.75) is 13.0 Å². The molecule has 1 aliphatic heterocycles. The third-order valence-electron chi connectivity index (χ3n) is 3.26. The monoisotopic (exact) mass is 315 g/mol. The van der Waals surface area contributed by atoms with E-state index in [0.717, 1.165) is 19.6 Å². The highest BCUT2D eigenvalue weighted by Gasteiger charge is 2.22. The quantitative estimate of drug-likeness (QED) is 0.646. The first-order chi connectivity index (χ1) is 9.56. The van der Waals surface area contributed by atoms with Gasteiger partial charge in [0.15, 0.2) is 11.0 Å². The minimum Gasteiger partial charge on any atom is -0.353 e. The van der Waals surface area contributed by atoms with Crippen LogP contribution in [0, 0.1) is 5.82 Å². The van der Waals surface area contributed by atoms with E-state index in [-0.39, 0.29) is 16.0 Å². The van der Waals surface area contributed by atoms with Crippen LogP contribution >= 0.6 is 23.2 Å².